The van der Waals surface area contributed by atoms with Crippen molar-refractivity contribution < 1.29 is 4.74 Å². The largest absolute Gasteiger partial charge is 0.492 e. The van der Waals surface area contributed by atoms with Crippen LogP contribution in [0.3, 0.4) is 0 Å². The molecule has 20 heavy (non-hydrogen) atoms. The highest BCUT2D eigenvalue weighted by molar-refractivity contribution is 5.27. The third kappa shape index (κ3) is 5.76. The van der Waals surface area contributed by atoms with Crippen molar-refractivity contribution >= 4 is 0 Å². The lowest BCUT2D eigenvalue weighted by Gasteiger charge is -2.34. The van der Waals surface area contributed by atoms with Gasteiger partial charge < -0.3 is 10.1 Å². The van der Waals surface area contributed by atoms with E-state index in [1.807, 2.05) is 25.3 Å². The van der Waals surface area contributed by atoms with Crippen molar-refractivity contribution in [2.45, 2.75) is 32.9 Å². The fourth-order valence-electron chi connectivity index (χ4n) is 2.04. The van der Waals surface area contributed by atoms with Crippen LogP contribution in [0.5, 0.6) is 5.75 Å². The number of benzene rings is 1. The average molecular weight is 276 g/mol. The minimum absolute atomic E-state index is 0.133. The molecule has 0 unspecified atom stereocenters. The standard InChI is InChI=1S/C17H28N2O/c1-6-11-19(17(2,3)4)12-13-20-16-9-7-15(8-10-16)14-18-5/h6-10,18H,1,11-14H2,2-5H3. The van der Waals surface area contributed by atoms with Gasteiger partial charge in [0, 0.05) is 25.2 Å². The lowest BCUT2D eigenvalue weighted by atomic mass is 10.1. The molecule has 3 nitrogen and oxygen atoms in total. The number of nitrogens with one attached hydrogen (secondary N) is 1. The Morgan fingerprint density at radius 3 is 2.40 bits per heavy atom. The van der Waals surface area contributed by atoms with E-state index >= 15 is 0 Å². The Labute approximate surface area is 123 Å². The minimum Gasteiger partial charge on any atom is -0.492 e. The summed E-state index contributed by atoms with van der Waals surface area (Å²) in [4.78, 5) is 2.36. The summed E-state index contributed by atoms with van der Waals surface area (Å²) in [5.41, 5.74) is 1.40. The molecular formula is C17H28N2O. The molecule has 112 valence electrons. The van der Waals surface area contributed by atoms with Crippen molar-refractivity contribution in [1.29, 1.82) is 0 Å². The molecule has 1 aromatic carbocycles. The van der Waals surface area contributed by atoms with Crippen LogP contribution in [-0.2, 0) is 6.54 Å². The molecule has 0 heterocycles. The van der Waals surface area contributed by atoms with Crippen LogP contribution in [0.25, 0.3) is 0 Å². The van der Waals surface area contributed by atoms with Crippen molar-refractivity contribution in [2.24, 2.45) is 0 Å². The first-order valence-electron chi connectivity index (χ1n) is 7.19. The molecule has 0 bridgehead atoms. The summed E-state index contributed by atoms with van der Waals surface area (Å²) in [6.45, 7) is 13.8. The Kier molecular flexibility index (Phi) is 6.76. The molecule has 0 amide bonds. The van der Waals surface area contributed by atoms with Gasteiger partial charge in [0.1, 0.15) is 12.4 Å². The topological polar surface area (TPSA) is 24.5 Å². The maximum atomic E-state index is 5.81. The number of hydrogen-bond donors (Lipinski definition) is 1. The number of hydrogen-bond acceptors (Lipinski definition) is 3. The summed E-state index contributed by atoms with van der Waals surface area (Å²) in [7, 11) is 1.95. The van der Waals surface area contributed by atoms with E-state index in [0.717, 1.165) is 25.4 Å². The summed E-state index contributed by atoms with van der Waals surface area (Å²) in [5, 5.41) is 3.14. The van der Waals surface area contributed by atoms with E-state index < -0.39 is 0 Å². The molecule has 0 saturated carbocycles. The van der Waals surface area contributed by atoms with Crippen LogP contribution in [0.2, 0.25) is 0 Å². The smallest absolute Gasteiger partial charge is 0.119 e. The van der Waals surface area contributed by atoms with Crippen LogP contribution >= 0.6 is 0 Å². The van der Waals surface area contributed by atoms with Crippen LogP contribution in [0.1, 0.15) is 26.3 Å². The SMILES string of the molecule is C=CCN(CCOc1ccc(CNC)cc1)C(C)(C)C. The molecule has 0 atom stereocenters. The van der Waals surface area contributed by atoms with Crippen molar-refractivity contribution in [1.82, 2.24) is 10.2 Å². The molecular weight excluding hydrogens is 248 g/mol. The Morgan fingerprint density at radius 1 is 1.25 bits per heavy atom. The molecule has 0 saturated heterocycles. The molecule has 0 aliphatic heterocycles. The van der Waals surface area contributed by atoms with Gasteiger partial charge in [-0.25, -0.2) is 0 Å². The highest BCUT2D eigenvalue weighted by Gasteiger charge is 2.19. The van der Waals surface area contributed by atoms with Gasteiger partial charge in [0.2, 0.25) is 0 Å². The number of ether oxygens (including phenoxy) is 1. The molecule has 1 N–H and O–H groups in total. The molecule has 1 aromatic rings. The molecule has 0 aliphatic carbocycles. The van der Waals surface area contributed by atoms with E-state index in [9.17, 15) is 0 Å². The minimum atomic E-state index is 0.133. The first-order chi connectivity index (χ1) is 9.47. The molecule has 1 rings (SSSR count). The van der Waals surface area contributed by atoms with E-state index in [2.05, 4.69) is 49.7 Å². The molecule has 0 radical (unpaired) electrons. The second-order valence-corrected chi connectivity index (χ2v) is 5.93. The van der Waals surface area contributed by atoms with Gasteiger partial charge >= 0.3 is 0 Å². The monoisotopic (exact) mass is 276 g/mol. The van der Waals surface area contributed by atoms with Gasteiger partial charge in [0.05, 0.1) is 0 Å². The third-order valence-corrected chi connectivity index (χ3v) is 3.23. The zero-order chi connectivity index (χ0) is 15.0. The predicted octanol–water partition coefficient (Wildman–Crippen LogP) is 3.07. The zero-order valence-electron chi connectivity index (χ0n) is 13.3. The lowest BCUT2D eigenvalue weighted by molar-refractivity contribution is 0.126. The Balaban J connectivity index is 2.44. The normalized spacial score (nSPS) is 11.7. The van der Waals surface area contributed by atoms with E-state index in [-0.39, 0.29) is 5.54 Å². The first-order valence-corrected chi connectivity index (χ1v) is 7.19. The van der Waals surface area contributed by atoms with Gasteiger partial charge in [0.25, 0.3) is 0 Å². The summed E-state index contributed by atoms with van der Waals surface area (Å²) in [5.74, 6) is 0.928. The van der Waals surface area contributed by atoms with Crippen LogP contribution in [0, 0.1) is 0 Å². The summed E-state index contributed by atoms with van der Waals surface area (Å²) < 4.78 is 5.81. The Bertz CT molecular complexity index is 392. The fourth-order valence-corrected chi connectivity index (χ4v) is 2.04. The van der Waals surface area contributed by atoms with E-state index in [1.165, 1.54) is 5.56 Å². The molecule has 0 aliphatic rings. The van der Waals surface area contributed by atoms with Crippen molar-refractivity contribution in [3.63, 3.8) is 0 Å². The quantitative estimate of drug-likeness (QED) is 0.739. The highest BCUT2D eigenvalue weighted by atomic mass is 16.5. The molecule has 0 fully saturated rings. The van der Waals surface area contributed by atoms with E-state index in [1.54, 1.807) is 0 Å². The summed E-state index contributed by atoms with van der Waals surface area (Å²) in [6.07, 6.45) is 1.94. The van der Waals surface area contributed by atoms with Gasteiger partial charge in [-0.1, -0.05) is 18.2 Å². The molecule has 0 aromatic heterocycles. The van der Waals surface area contributed by atoms with Crippen LogP contribution in [0.4, 0.5) is 0 Å². The zero-order valence-corrected chi connectivity index (χ0v) is 13.3. The van der Waals surface area contributed by atoms with Gasteiger partial charge in [0.15, 0.2) is 0 Å². The van der Waals surface area contributed by atoms with Crippen LogP contribution in [-0.4, -0.2) is 37.2 Å². The first kappa shape index (κ1) is 16.7. The van der Waals surface area contributed by atoms with Crippen molar-refractivity contribution in [3.8, 4) is 5.75 Å². The van der Waals surface area contributed by atoms with Crippen molar-refractivity contribution in [2.75, 3.05) is 26.7 Å². The van der Waals surface area contributed by atoms with Crippen LogP contribution < -0.4 is 10.1 Å². The lowest BCUT2D eigenvalue weighted by Crippen LogP contribution is -2.43. The Morgan fingerprint density at radius 2 is 1.90 bits per heavy atom. The second-order valence-electron chi connectivity index (χ2n) is 5.93. The maximum Gasteiger partial charge on any atom is 0.119 e. The molecule has 3 heteroatoms. The molecule has 0 spiro atoms. The third-order valence-electron chi connectivity index (χ3n) is 3.23. The Hall–Kier alpha value is -1.32. The number of rotatable bonds is 8. The summed E-state index contributed by atoms with van der Waals surface area (Å²) in [6, 6.07) is 8.25. The maximum absolute atomic E-state index is 5.81. The van der Waals surface area contributed by atoms with E-state index in [4.69, 9.17) is 4.74 Å². The van der Waals surface area contributed by atoms with Gasteiger partial charge in [-0.2, -0.15) is 0 Å². The van der Waals surface area contributed by atoms with Crippen molar-refractivity contribution in [3.05, 3.63) is 42.5 Å². The second kappa shape index (κ2) is 8.08. The summed E-state index contributed by atoms with van der Waals surface area (Å²) >= 11 is 0. The van der Waals surface area contributed by atoms with Crippen LogP contribution in [0.15, 0.2) is 36.9 Å². The predicted molar refractivity (Wildman–Crippen MR) is 86.2 cm³/mol. The average Bonchev–Trinajstić information content (AvgIpc) is 2.39. The van der Waals surface area contributed by atoms with Gasteiger partial charge in [-0.3, -0.25) is 4.90 Å². The van der Waals surface area contributed by atoms with E-state index in [0.29, 0.717) is 6.61 Å². The fraction of sp³-hybridized carbons (Fsp3) is 0.529. The number of nitrogens with zero attached hydrogens (tertiary/aromatic N) is 1. The van der Waals surface area contributed by atoms with Gasteiger partial charge in [-0.05, 0) is 45.5 Å². The van der Waals surface area contributed by atoms with Gasteiger partial charge in [-0.15, -0.1) is 6.58 Å². The highest BCUT2D eigenvalue weighted by Crippen LogP contribution is 2.15.